The van der Waals surface area contributed by atoms with Gasteiger partial charge in [-0.2, -0.15) is 0 Å². The van der Waals surface area contributed by atoms with Crippen molar-refractivity contribution in [1.82, 2.24) is 5.32 Å². The minimum Gasteiger partial charge on any atom is -0.508 e. The van der Waals surface area contributed by atoms with Gasteiger partial charge in [-0.25, -0.2) is 0 Å². The number of aromatic hydroxyl groups is 2. The standard InChI is InChI=1S/C16H27NO2/c1-4-5-6-7-8-13-10-16(19)14(11-15(13)18)9-12(2)17-3/h10-12,17-19H,4-9H2,1-3H3. The van der Waals surface area contributed by atoms with Crippen molar-refractivity contribution in [3.8, 4) is 11.5 Å². The van der Waals surface area contributed by atoms with Gasteiger partial charge in [-0.15, -0.1) is 0 Å². The van der Waals surface area contributed by atoms with Crippen molar-refractivity contribution in [3.63, 3.8) is 0 Å². The highest BCUT2D eigenvalue weighted by atomic mass is 16.3. The smallest absolute Gasteiger partial charge is 0.119 e. The molecule has 19 heavy (non-hydrogen) atoms. The van der Waals surface area contributed by atoms with Gasteiger partial charge in [0.15, 0.2) is 0 Å². The molecule has 0 aliphatic heterocycles. The summed E-state index contributed by atoms with van der Waals surface area (Å²) in [4.78, 5) is 0. The lowest BCUT2D eigenvalue weighted by molar-refractivity contribution is 0.443. The predicted molar refractivity (Wildman–Crippen MR) is 79.8 cm³/mol. The minimum absolute atomic E-state index is 0.278. The van der Waals surface area contributed by atoms with E-state index in [0.717, 1.165) is 24.0 Å². The Labute approximate surface area is 116 Å². The zero-order chi connectivity index (χ0) is 14.3. The molecular weight excluding hydrogens is 238 g/mol. The summed E-state index contributed by atoms with van der Waals surface area (Å²) in [7, 11) is 1.89. The molecule has 0 radical (unpaired) electrons. The Bertz CT molecular complexity index is 391. The molecule has 3 heteroatoms. The average Bonchev–Trinajstić information content (AvgIpc) is 2.39. The van der Waals surface area contributed by atoms with Gasteiger partial charge in [-0.3, -0.25) is 0 Å². The Morgan fingerprint density at radius 1 is 1.05 bits per heavy atom. The molecule has 1 unspecified atom stereocenters. The summed E-state index contributed by atoms with van der Waals surface area (Å²) in [5, 5.41) is 23.2. The van der Waals surface area contributed by atoms with Gasteiger partial charge >= 0.3 is 0 Å². The zero-order valence-corrected chi connectivity index (χ0v) is 12.4. The number of hydrogen-bond acceptors (Lipinski definition) is 3. The van der Waals surface area contributed by atoms with Crippen molar-refractivity contribution in [2.24, 2.45) is 0 Å². The molecular formula is C16H27NO2. The Balaban J connectivity index is 2.67. The Hall–Kier alpha value is -1.22. The van der Waals surface area contributed by atoms with E-state index in [9.17, 15) is 10.2 Å². The maximum atomic E-state index is 10.0. The molecule has 0 saturated carbocycles. The van der Waals surface area contributed by atoms with Crippen LogP contribution in [-0.4, -0.2) is 23.3 Å². The van der Waals surface area contributed by atoms with E-state index in [1.54, 1.807) is 12.1 Å². The molecule has 0 heterocycles. The fraction of sp³-hybridized carbons (Fsp3) is 0.625. The number of nitrogens with one attached hydrogen (secondary N) is 1. The minimum atomic E-state index is 0.278. The predicted octanol–water partition coefficient (Wildman–Crippen LogP) is 3.37. The Morgan fingerprint density at radius 2 is 1.68 bits per heavy atom. The highest BCUT2D eigenvalue weighted by molar-refractivity contribution is 5.45. The van der Waals surface area contributed by atoms with Crippen LogP contribution < -0.4 is 5.32 Å². The maximum absolute atomic E-state index is 10.0. The van der Waals surface area contributed by atoms with Crippen LogP contribution in [0, 0.1) is 0 Å². The lowest BCUT2D eigenvalue weighted by Gasteiger charge is -2.14. The second kappa shape index (κ2) is 8.05. The molecule has 3 N–H and O–H groups in total. The first-order valence-corrected chi connectivity index (χ1v) is 7.29. The summed E-state index contributed by atoms with van der Waals surface area (Å²) in [6.07, 6.45) is 6.22. The molecule has 1 atom stereocenters. The van der Waals surface area contributed by atoms with E-state index in [1.807, 2.05) is 7.05 Å². The van der Waals surface area contributed by atoms with Crippen LogP contribution in [0.5, 0.6) is 11.5 Å². The highest BCUT2D eigenvalue weighted by Crippen LogP contribution is 2.29. The number of aryl methyl sites for hydroxylation is 1. The van der Waals surface area contributed by atoms with Gasteiger partial charge in [0.25, 0.3) is 0 Å². The quantitative estimate of drug-likeness (QED) is 0.499. The van der Waals surface area contributed by atoms with Crippen LogP contribution in [-0.2, 0) is 12.8 Å². The highest BCUT2D eigenvalue weighted by Gasteiger charge is 2.10. The monoisotopic (exact) mass is 265 g/mol. The normalized spacial score (nSPS) is 12.6. The molecule has 1 aromatic rings. The second-order valence-electron chi connectivity index (χ2n) is 5.31. The number of rotatable bonds is 8. The van der Waals surface area contributed by atoms with Crippen LogP contribution in [0.4, 0.5) is 0 Å². The summed E-state index contributed by atoms with van der Waals surface area (Å²) in [5.74, 6) is 0.609. The summed E-state index contributed by atoms with van der Waals surface area (Å²) in [6.45, 7) is 4.23. The molecule has 108 valence electrons. The van der Waals surface area contributed by atoms with Crippen molar-refractivity contribution in [2.45, 2.75) is 58.4 Å². The molecule has 1 rings (SSSR count). The van der Waals surface area contributed by atoms with E-state index in [0.29, 0.717) is 17.9 Å². The summed E-state index contributed by atoms with van der Waals surface area (Å²) in [6, 6.07) is 3.71. The SMILES string of the molecule is CCCCCCc1cc(O)c(CC(C)NC)cc1O. The average molecular weight is 265 g/mol. The van der Waals surface area contributed by atoms with Gasteiger partial charge in [0.2, 0.25) is 0 Å². The first-order valence-electron chi connectivity index (χ1n) is 7.29. The van der Waals surface area contributed by atoms with Crippen molar-refractivity contribution in [1.29, 1.82) is 0 Å². The first-order chi connectivity index (χ1) is 9.08. The molecule has 0 aliphatic rings. The van der Waals surface area contributed by atoms with E-state index >= 15 is 0 Å². The topological polar surface area (TPSA) is 52.5 Å². The van der Waals surface area contributed by atoms with Crippen molar-refractivity contribution in [3.05, 3.63) is 23.3 Å². The third-order valence-electron chi connectivity index (χ3n) is 3.60. The van der Waals surface area contributed by atoms with Gasteiger partial charge in [0.1, 0.15) is 11.5 Å². The molecule has 0 saturated heterocycles. The summed E-state index contributed by atoms with van der Waals surface area (Å²) >= 11 is 0. The third-order valence-corrected chi connectivity index (χ3v) is 3.60. The van der Waals surface area contributed by atoms with Crippen LogP contribution in [0.25, 0.3) is 0 Å². The number of phenolic OH excluding ortho intramolecular Hbond substituents is 2. The van der Waals surface area contributed by atoms with Crippen molar-refractivity contribution in [2.75, 3.05) is 7.05 Å². The number of hydrogen-bond donors (Lipinski definition) is 3. The summed E-state index contributed by atoms with van der Waals surface area (Å²) < 4.78 is 0. The molecule has 3 nitrogen and oxygen atoms in total. The van der Waals surface area contributed by atoms with E-state index < -0.39 is 0 Å². The van der Waals surface area contributed by atoms with Crippen LogP contribution in [0.3, 0.4) is 0 Å². The number of likely N-dealkylation sites (N-methyl/N-ethyl adjacent to an activating group) is 1. The number of phenols is 2. The fourth-order valence-corrected chi connectivity index (χ4v) is 2.20. The fourth-order valence-electron chi connectivity index (χ4n) is 2.20. The first kappa shape index (κ1) is 15.8. The molecule has 0 spiro atoms. The van der Waals surface area contributed by atoms with Gasteiger partial charge in [0.05, 0.1) is 0 Å². The van der Waals surface area contributed by atoms with E-state index in [1.165, 1.54) is 19.3 Å². The van der Waals surface area contributed by atoms with E-state index in [-0.39, 0.29) is 6.04 Å². The van der Waals surface area contributed by atoms with E-state index in [4.69, 9.17) is 0 Å². The van der Waals surface area contributed by atoms with Crippen molar-refractivity contribution >= 4 is 0 Å². The lowest BCUT2D eigenvalue weighted by Crippen LogP contribution is -2.23. The van der Waals surface area contributed by atoms with Gasteiger partial charge < -0.3 is 15.5 Å². The van der Waals surface area contributed by atoms with Gasteiger partial charge in [-0.05, 0) is 56.5 Å². The molecule has 0 aliphatic carbocycles. The molecule has 1 aromatic carbocycles. The molecule has 0 bridgehead atoms. The Kier molecular flexibility index (Phi) is 6.71. The third kappa shape index (κ3) is 5.11. The van der Waals surface area contributed by atoms with Crippen LogP contribution in [0.1, 0.15) is 50.7 Å². The van der Waals surface area contributed by atoms with Crippen LogP contribution in [0.2, 0.25) is 0 Å². The molecule has 0 fully saturated rings. The van der Waals surface area contributed by atoms with E-state index in [2.05, 4.69) is 19.2 Å². The number of unbranched alkanes of at least 4 members (excludes halogenated alkanes) is 3. The van der Waals surface area contributed by atoms with Gasteiger partial charge in [0, 0.05) is 6.04 Å². The molecule has 0 amide bonds. The van der Waals surface area contributed by atoms with Gasteiger partial charge in [-0.1, -0.05) is 26.2 Å². The zero-order valence-electron chi connectivity index (χ0n) is 12.4. The second-order valence-corrected chi connectivity index (χ2v) is 5.31. The summed E-state index contributed by atoms with van der Waals surface area (Å²) in [5.41, 5.74) is 1.66. The maximum Gasteiger partial charge on any atom is 0.119 e. The van der Waals surface area contributed by atoms with Crippen LogP contribution >= 0.6 is 0 Å². The lowest BCUT2D eigenvalue weighted by atomic mass is 9.99. The largest absolute Gasteiger partial charge is 0.508 e. The Morgan fingerprint density at radius 3 is 2.32 bits per heavy atom. The van der Waals surface area contributed by atoms with Crippen LogP contribution in [0.15, 0.2) is 12.1 Å². The number of benzene rings is 1. The molecule has 0 aromatic heterocycles. The van der Waals surface area contributed by atoms with Crippen molar-refractivity contribution < 1.29 is 10.2 Å².